The molecule has 1 N–H and O–H groups in total. The lowest BCUT2D eigenvalue weighted by molar-refractivity contribution is -0.112. The van der Waals surface area contributed by atoms with Gasteiger partial charge in [0.2, 0.25) is 15.9 Å². The Morgan fingerprint density at radius 1 is 1.19 bits per heavy atom. The van der Waals surface area contributed by atoms with Gasteiger partial charge in [0.15, 0.2) is 0 Å². The van der Waals surface area contributed by atoms with Crippen LogP contribution in [0.3, 0.4) is 0 Å². The van der Waals surface area contributed by atoms with Gasteiger partial charge < -0.3 is 10.1 Å². The lowest BCUT2D eigenvalue weighted by Gasteiger charge is -2.29. The maximum atomic E-state index is 12.7. The van der Waals surface area contributed by atoms with E-state index in [9.17, 15) is 13.2 Å². The summed E-state index contributed by atoms with van der Waals surface area (Å²) in [6.45, 7) is 4.02. The van der Waals surface area contributed by atoms with Crippen LogP contribution in [0.2, 0.25) is 0 Å². The molecule has 0 saturated carbocycles. The van der Waals surface area contributed by atoms with E-state index < -0.39 is 10.0 Å². The molecular weight excluding hydrogens is 352 g/mol. The average molecular weight is 378 g/mol. The first-order valence-corrected chi connectivity index (χ1v) is 10.6. The number of carbonyl (C=O) groups is 1. The highest BCUT2D eigenvalue weighted by Gasteiger charge is 2.27. The monoisotopic (exact) mass is 378 g/mol. The Morgan fingerprint density at radius 3 is 2.50 bits per heavy atom. The van der Waals surface area contributed by atoms with Crippen molar-refractivity contribution in [2.24, 2.45) is 5.92 Å². The maximum absolute atomic E-state index is 12.7. The molecule has 0 bridgehead atoms. The molecule has 2 aliphatic rings. The molecule has 0 radical (unpaired) electrons. The van der Waals surface area contributed by atoms with Gasteiger partial charge in [-0.2, -0.15) is 4.31 Å². The largest absolute Gasteiger partial charge is 0.374 e. The molecule has 1 aromatic carbocycles. The lowest BCUT2D eigenvalue weighted by atomic mass is 10.0. The van der Waals surface area contributed by atoms with E-state index in [0.29, 0.717) is 24.7 Å². The Bertz CT molecular complexity index is 744. The fraction of sp³-hybridized carbons (Fsp3) is 0.526. The van der Waals surface area contributed by atoms with E-state index in [4.69, 9.17) is 4.74 Å². The highest BCUT2D eigenvalue weighted by Crippen LogP contribution is 2.24. The van der Waals surface area contributed by atoms with E-state index in [-0.39, 0.29) is 16.9 Å². The van der Waals surface area contributed by atoms with Gasteiger partial charge in [0.1, 0.15) is 0 Å². The second-order valence-electron chi connectivity index (χ2n) is 7.01. The second kappa shape index (κ2) is 8.33. The van der Waals surface area contributed by atoms with E-state index in [1.165, 1.54) is 6.08 Å². The highest BCUT2D eigenvalue weighted by atomic mass is 32.2. The van der Waals surface area contributed by atoms with Crippen LogP contribution < -0.4 is 5.32 Å². The predicted molar refractivity (Wildman–Crippen MR) is 100 cm³/mol. The Morgan fingerprint density at radius 2 is 1.88 bits per heavy atom. The van der Waals surface area contributed by atoms with Crippen molar-refractivity contribution in [1.82, 2.24) is 4.31 Å². The number of ether oxygens (including phenoxy) is 1. The van der Waals surface area contributed by atoms with Crippen LogP contribution >= 0.6 is 0 Å². The SMILES string of the molecule is CC1CCN(S(=O)(=O)c2ccc(NC(=O)C=CC3CCCO3)cc2)CC1. The molecule has 1 aromatic rings. The van der Waals surface area contributed by atoms with Crippen LogP contribution in [0.5, 0.6) is 0 Å². The van der Waals surface area contributed by atoms with Crippen LogP contribution in [0.4, 0.5) is 5.69 Å². The molecule has 1 amide bonds. The standard InChI is InChI=1S/C19H26N2O4S/c1-15-10-12-21(13-11-15)26(23,24)18-7-4-16(5-8-18)20-19(22)9-6-17-3-2-14-25-17/h4-9,15,17H,2-3,10-14H2,1H3,(H,20,22). The molecule has 2 aliphatic heterocycles. The van der Waals surface area contributed by atoms with Gasteiger partial charge in [-0.1, -0.05) is 13.0 Å². The normalized spacial score (nSPS) is 22.7. The molecule has 2 heterocycles. The summed E-state index contributed by atoms with van der Waals surface area (Å²) in [7, 11) is -3.46. The Kier molecular flexibility index (Phi) is 6.11. The van der Waals surface area contributed by atoms with Gasteiger partial charge in [-0.05, 0) is 55.9 Å². The minimum Gasteiger partial charge on any atom is -0.374 e. The second-order valence-corrected chi connectivity index (χ2v) is 8.95. The van der Waals surface area contributed by atoms with Crippen LogP contribution in [0.25, 0.3) is 0 Å². The molecule has 3 rings (SSSR count). The summed E-state index contributed by atoms with van der Waals surface area (Å²) < 4.78 is 32.4. The number of rotatable bonds is 5. The minimum atomic E-state index is -3.46. The van der Waals surface area contributed by atoms with Crippen LogP contribution in [0, 0.1) is 5.92 Å². The van der Waals surface area contributed by atoms with Gasteiger partial charge >= 0.3 is 0 Å². The summed E-state index contributed by atoms with van der Waals surface area (Å²) in [6.07, 6.45) is 6.98. The zero-order valence-corrected chi connectivity index (χ0v) is 15.9. The quantitative estimate of drug-likeness (QED) is 0.800. The third kappa shape index (κ3) is 4.72. The van der Waals surface area contributed by atoms with Crippen molar-refractivity contribution in [1.29, 1.82) is 0 Å². The number of piperidine rings is 1. The zero-order chi connectivity index (χ0) is 18.6. The Hall–Kier alpha value is -1.70. The van der Waals surface area contributed by atoms with Crippen LogP contribution in [0.15, 0.2) is 41.3 Å². The first-order valence-electron chi connectivity index (χ1n) is 9.16. The summed E-state index contributed by atoms with van der Waals surface area (Å²) in [5, 5.41) is 2.74. The molecule has 0 spiro atoms. The van der Waals surface area contributed by atoms with Crippen molar-refractivity contribution in [3.63, 3.8) is 0 Å². The van der Waals surface area contributed by atoms with Crippen molar-refractivity contribution in [2.45, 2.75) is 43.6 Å². The van der Waals surface area contributed by atoms with Crippen LogP contribution in [0.1, 0.15) is 32.6 Å². The van der Waals surface area contributed by atoms with E-state index in [2.05, 4.69) is 12.2 Å². The van der Waals surface area contributed by atoms with Crippen molar-refractivity contribution >= 4 is 21.6 Å². The maximum Gasteiger partial charge on any atom is 0.248 e. The topological polar surface area (TPSA) is 75.7 Å². The first-order chi connectivity index (χ1) is 12.4. The third-order valence-electron chi connectivity index (χ3n) is 4.93. The fourth-order valence-corrected chi connectivity index (χ4v) is 4.69. The predicted octanol–water partition coefficient (Wildman–Crippen LogP) is 2.78. The Balaban J connectivity index is 1.59. The molecule has 0 aromatic heterocycles. The molecule has 6 nitrogen and oxygen atoms in total. The molecule has 1 unspecified atom stereocenters. The summed E-state index contributed by atoms with van der Waals surface area (Å²) in [5.74, 6) is 0.322. The summed E-state index contributed by atoms with van der Waals surface area (Å²) in [5.41, 5.74) is 0.568. The molecule has 26 heavy (non-hydrogen) atoms. The summed E-state index contributed by atoms with van der Waals surface area (Å²) in [4.78, 5) is 12.2. The Labute approximate surface area is 155 Å². The van der Waals surface area contributed by atoms with Crippen LogP contribution in [-0.4, -0.2) is 44.4 Å². The van der Waals surface area contributed by atoms with Crippen molar-refractivity contribution in [3.8, 4) is 0 Å². The highest BCUT2D eigenvalue weighted by molar-refractivity contribution is 7.89. The number of nitrogens with zero attached hydrogens (tertiary/aromatic N) is 1. The molecule has 142 valence electrons. The molecule has 0 aliphatic carbocycles. The fourth-order valence-electron chi connectivity index (χ4n) is 3.22. The van der Waals surface area contributed by atoms with Gasteiger partial charge in [-0.25, -0.2) is 8.42 Å². The number of amides is 1. The first kappa shape index (κ1) is 19.1. The van der Waals surface area contributed by atoms with Gasteiger partial charge in [-0.15, -0.1) is 0 Å². The number of hydrogen-bond donors (Lipinski definition) is 1. The van der Waals surface area contributed by atoms with E-state index >= 15 is 0 Å². The van der Waals surface area contributed by atoms with Crippen molar-refractivity contribution < 1.29 is 17.9 Å². The summed E-state index contributed by atoms with van der Waals surface area (Å²) in [6, 6.07) is 6.34. The summed E-state index contributed by atoms with van der Waals surface area (Å²) >= 11 is 0. The van der Waals surface area contributed by atoms with Crippen molar-refractivity contribution in [2.75, 3.05) is 25.0 Å². The number of benzene rings is 1. The number of anilines is 1. The third-order valence-corrected chi connectivity index (χ3v) is 6.84. The van der Waals surface area contributed by atoms with Gasteiger partial charge in [0.25, 0.3) is 0 Å². The lowest BCUT2D eigenvalue weighted by Crippen LogP contribution is -2.37. The average Bonchev–Trinajstić information content (AvgIpc) is 3.14. The zero-order valence-electron chi connectivity index (χ0n) is 15.1. The number of sulfonamides is 1. The van der Waals surface area contributed by atoms with Gasteiger partial charge in [-0.3, -0.25) is 4.79 Å². The van der Waals surface area contributed by atoms with Gasteiger partial charge in [0, 0.05) is 31.5 Å². The van der Waals surface area contributed by atoms with Crippen molar-refractivity contribution in [3.05, 3.63) is 36.4 Å². The molecule has 1 atom stereocenters. The molecule has 2 fully saturated rings. The smallest absolute Gasteiger partial charge is 0.248 e. The number of nitrogens with one attached hydrogen (secondary N) is 1. The van der Waals surface area contributed by atoms with E-state index in [1.54, 1.807) is 34.6 Å². The van der Waals surface area contributed by atoms with Gasteiger partial charge in [0.05, 0.1) is 11.0 Å². The molecule has 2 saturated heterocycles. The van der Waals surface area contributed by atoms with E-state index in [0.717, 1.165) is 32.3 Å². The number of hydrogen-bond acceptors (Lipinski definition) is 4. The minimum absolute atomic E-state index is 0.0144. The molecular formula is C19H26N2O4S. The van der Waals surface area contributed by atoms with E-state index in [1.807, 2.05) is 0 Å². The van der Waals surface area contributed by atoms with Crippen LogP contribution in [-0.2, 0) is 19.6 Å². The number of carbonyl (C=O) groups excluding carboxylic acids is 1. The molecule has 7 heteroatoms.